The number of nitrogens with one attached hydrogen (secondary N) is 2. The zero-order chi connectivity index (χ0) is 16.0. The fourth-order valence-electron chi connectivity index (χ4n) is 3.58. The molecule has 1 heterocycles. The van der Waals surface area contributed by atoms with Crippen LogP contribution >= 0.6 is 0 Å². The van der Waals surface area contributed by atoms with Crippen molar-refractivity contribution in [3.8, 4) is 0 Å². The second kappa shape index (κ2) is 4.78. The first-order valence-electron chi connectivity index (χ1n) is 7.42. The van der Waals surface area contributed by atoms with Gasteiger partial charge in [-0.3, -0.25) is 19.7 Å². The first-order chi connectivity index (χ1) is 11.2. The predicted octanol–water partition coefficient (Wildman–Crippen LogP) is 1.68. The van der Waals surface area contributed by atoms with Crippen LogP contribution in [0.1, 0.15) is 11.5 Å². The van der Waals surface area contributed by atoms with E-state index in [1.807, 2.05) is 36.4 Å². The lowest BCUT2D eigenvalue weighted by atomic mass is 9.97. The van der Waals surface area contributed by atoms with E-state index in [0.717, 1.165) is 5.56 Å². The fourth-order valence-corrected chi connectivity index (χ4v) is 3.58. The molecule has 2 aliphatic rings. The second-order valence-corrected chi connectivity index (χ2v) is 5.87. The molecule has 3 atom stereocenters. The van der Waals surface area contributed by atoms with Gasteiger partial charge in [0.1, 0.15) is 5.41 Å². The normalized spacial score (nSPS) is 28.0. The van der Waals surface area contributed by atoms with Crippen LogP contribution in [0.2, 0.25) is 0 Å². The Labute approximate surface area is 132 Å². The number of rotatable bonds is 3. The quantitative estimate of drug-likeness (QED) is 0.669. The summed E-state index contributed by atoms with van der Waals surface area (Å²) in [6, 6.07) is 18.2. The summed E-state index contributed by atoms with van der Waals surface area (Å²) in [5.74, 6) is -2.32. The van der Waals surface area contributed by atoms with E-state index >= 15 is 0 Å². The molecular formula is C18H14N2O3. The Bertz CT molecular complexity index is 804. The van der Waals surface area contributed by atoms with Crippen LogP contribution in [0.4, 0.5) is 5.69 Å². The number of benzene rings is 2. The van der Waals surface area contributed by atoms with Crippen molar-refractivity contribution in [2.24, 2.45) is 11.3 Å². The lowest BCUT2D eigenvalue weighted by Crippen LogP contribution is -2.38. The van der Waals surface area contributed by atoms with Crippen molar-refractivity contribution >= 4 is 23.4 Å². The highest BCUT2D eigenvalue weighted by Crippen LogP contribution is 2.68. The zero-order valence-corrected chi connectivity index (χ0v) is 12.2. The molecule has 1 saturated heterocycles. The maximum absolute atomic E-state index is 12.8. The van der Waals surface area contributed by atoms with Crippen LogP contribution in [-0.4, -0.2) is 17.7 Å². The van der Waals surface area contributed by atoms with Gasteiger partial charge in [-0.2, -0.15) is 0 Å². The van der Waals surface area contributed by atoms with Gasteiger partial charge in [0.2, 0.25) is 17.7 Å². The molecule has 23 heavy (non-hydrogen) atoms. The number of hydrogen-bond acceptors (Lipinski definition) is 3. The summed E-state index contributed by atoms with van der Waals surface area (Å²) in [5, 5.41) is 5.05. The van der Waals surface area contributed by atoms with E-state index < -0.39 is 29.1 Å². The molecule has 0 spiro atoms. The largest absolute Gasteiger partial charge is 0.325 e. The van der Waals surface area contributed by atoms with Crippen LogP contribution in [0.3, 0.4) is 0 Å². The second-order valence-electron chi connectivity index (χ2n) is 5.87. The number of amides is 3. The predicted molar refractivity (Wildman–Crippen MR) is 83.3 cm³/mol. The molecule has 5 nitrogen and oxygen atoms in total. The number of imide groups is 1. The average Bonchev–Trinajstić information content (AvgIpc) is 3.21. The molecule has 3 amide bonds. The van der Waals surface area contributed by atoms with Crippen molar-refractivity contribution in [1.82, 2.24) is 5.32 Å². The maximum Gasteiger partial charge on any atom is 0.243 e. The van der Waals surface area contributed by atoms with Gasteiger partial charge in [-0.05, 0) is 17.7 Å². The van der Waals surface area contributed by atoms with Crippen LogP contribution < -0.4 is 10.6 Å². The summed E-state index contributed by atoms with van der Waals surface area (Å²) in [6.45, 7) is 0. The molecule has 1 saturated carbocycles. The first kappa shape index (κ1) is 13.7. The molecule has 2 aromatic carbocycles. The molecule has 2 N–H and O–H groups in total. The summed E-state index contributed by atoms with van der Waals surface area (Å²) in [4.78, 5) is 37.2. The van der Waals surface area contributed by atoms with E-state index in [1.165, 1.54) is 0 Å². The van der Waals surface area contributed by atoms with Crippen LogP contribution in [0.25, 0.3) is 0 Å². The number of para-hydroxylation sites is 1. The molecule has 2 fully saturated rings. The van der Waals surface area contributed by atoms with Crippen molar-refractivity contribution in [3.05, 3.63) is 66.2 Å². The molecule has 4 rings (SSSR count). The third-order valence-corrected chi connectivity index (χ3v) is 4.67. The number of fused-ring (bicyclic) bond motifs is 1. The van der Waals surface area contributed by atoms with Gasteiger partial charge in [0, 0.05) is 11.6 Å². The van der Waals surface area contributed by atoms with Gasteiger partial charge in [-0.1, -0.05) is 48.5 Å². The Morgan fingerprint density at radius 2 is 1.52 bits per heavy atom. The van der Waals surface area contributed by atoms with Gasteiger partial charge < -0.3 is 5.32 Å². The summed E-state index contributed by atoms with van der Waals surface area (Å²) >= 11 is 0. The van der Waals surface area contributed by atoms with Crippen LogP contribution in [-0.2, 0) is 14.4 Å². The third-order valence-electron chi connectivity index (χ3n) is 4.67. The molecule has 0 aromatic heterocycles. The van der Waals surface area contributed by atoms with E-state index in [9.17, 15) is 14.4 Å². The summed E-state index contributed by atoms with van der Waals surface area (Å²) in [6.07, 6.45) is 0. The fraction of sp³-hybridized carbons (Fsp3) is 0.167. The minimum atomic E-state index is -1.33. The third kappa shape index (κ3) is 1.83. The topological polar surface area (TPSA) is 75.3 Å². The minimum Gasteiger partial charge on any atom is -0.325 e. The number of piperidine rings is 1. The SMILES string of the molecule is O=C1NC(=O)[C@]2(C(=O)Nc3ccccc3)[C@H](c3ccccc3)[C@H]12. The first-order valence-corrected chi connectivity index (χ1v) is 7.42. The summed E-state index contributed by atoms with van der Waals surface area (Å²) in [7, 11) is 0. The molecule has 0 unspecified atom stereocenters. The number of carbonyl (C=O) groups excluding carboxylic acids is 3. The summed E-state index contributed by atoms with van der Waals surface area (Å²) in [5.41, 5.74) is 0.120. The highest BCUT2D eigenvalue weighted by Gasteiger charge is 2.81. The Morgan fingerprint density at radius 3 is 2.17 bits per heavy atom. The lowest BCUT2D eigenvalue weighted by Gasteiger charge is -2.14. The van der Waals surface area contributed by atoms with Gasteiger partial charge in [-0.25, -0.2) is 0 Å². The average molecular weight is 306 g/mol. The van der Waals surface area contributed by atoms with Gasteiger partial charge >= 0.3 is 0 Å². The molecule has 5 heteroatoms. The Hall–Kier alpha value is -2.95. The van der Waals surface area contributed by atoms with E-state index in [-0.39, 0.29) is 5.91 Å². The minimum absolute atomic E-state index is 0.368. The van der Waals surface area contributed by atoms with E-state index in [4.69, 9.17) is 0 Å². The lowest BCUT2D eigenvalue weighted by molar-refractivity contribution is -0.133. The van der Waals surface area contributed by atoms with Gasteiger partial charge in [0.05, 0.1) is 5.92 Å². The van der Waals surface area contributed by atoms with Crippen molar-refractivity contribution in [2.45, 2.75) is 5.92 Å². The van der Waals surface area contributed by atoms with Crippen LogP contribution in [0.15, 0.2) is 60.7 Å². The van der Waals surface area contributed by atoms with Crippen molar-refractivity contribution in [2.75, 3.05) is 5.32 Å². The number of anilines is 1. The molecule has 2 aromatic rings. The highest BCUT2D eigenvalue weighted by molar-refractivity contribution is 6.27. The van der Waals surface area contributed by atoms with Crippen LogP contribution in [0, 0.1) is 11.3 Å². The number of hydrogen-bond donors (Lipinski definition) is 2. The standard InChI is InChI=1S/C18H14N2O3/c21-15-14-13(11-7-3-1-4-8-11)18(14,17(23)20-15)16(22)19-12-9-5-2-6-10-12/h1-10,13-14H,(H,19,22)(H,20,21,23)/t13-,14-,18-/m1/s1. The molecule has 1 aliphatic carbocycles. The highest BCUT2D eigenvalue weighted by atomic mass is 16.2. The Morgan fingerprint density at radius 1 is 0.913 bits per heavy atom. The van der Waals surface area contributed by atoms with Gasteiger partial charge in [-0.15, -0.1) is 0 Å². The monoisotopic (exact) mass is 306 g/mol. The van der Waals surface area contributed by atoms with Crippen molar-refractivity contribution < 1.29 is 14.4 Å². The zero-order valence-electron chi connectivity index (χ0n) is 12.2. The smallest absolute Gasteiger partial charge is 0.243 e. The van der Waals surface area contributed by atoms with Gasteiger partial charge in [0.15, 0.2) is 0 Å². The van der Waals surface area contributed by atoms with E-state index in [1.54, 1.807) is 24.3 Å². The molecule has 114 valence electrons. The molecule has 0 radical (unpaired) electrons. The van der Waals surface area contributed by atoms with E-state index in [0.29, 0.717) is 5.69 Å². The Kier molecular flexibility index (Phi) is 2.84. The molecule has 1 aliphatic heterocycles. The van der Waals surface area contributed by atoms with E-state index in [2.05, 4.69) is 10.6 Å². The van der Waals surface area contributed by atoms with Crippen molar-refractivity contribution in [3.63, 3.8) is 0 Å². The van der Waals surface area contributed by atoms with Crippen molar-refractivity contribution in [1.29, 1.82) is 0 Å². The van der Waals surface area contributed by atoms with Gasteiger partial charge in [0.25, 0.3) is 0 Å². The summed E-state index contributed by atoms with van der Waals surface area (Å²) < 4.78 is 0. The molecular weight excluding hydrogens is 292 g/mol. The Balaban J connectivity index is 1.70. The molecule has 0 bridgehead atoms. The maximum atomic E-state index is 12.8. The number of carbonyl (C=O) groups is 3. The van der Waals surface area contributed by atoms with Crippen LogP contribution in [0.5, 0.6) is 0 Å².